The number of piperidine rings is 1. The van der Waals surface area contributed by atoms with Crippen molar-refractivity contribution in [1.29, 1.82) is 0 Å². The summed E-state index contributed by atoms with van der Waals surface area (Å²) in [5.74, 6) is -6.11. The number of amides is 2. The molecule has 17 heteroatoms. The Morgan fingerprint density at radius 2 is 1.61 bits per heavy atom. The molecule has 0 aromatic heterocycles. The number of carbonyl (C=O) groups excluding carboxylic acids is 3. The molecule has 4 aliphatic heterocycles. The molecule has 1 fully saturated rings. The Morgan fingerprint density at radius 1 is 0.953 bits per heavy atom. The molecule has 4 bridgehead atoms. The number of hydrogen-bond acceptors (Lipinski definition) is 15. The van der Waals surface area contributed by atoms with Crippen LogP contribution in [-0.4, -0.2) is 111 Å². The molecular formula is C47H64N4O13. The molecule has 2 amide bonds. The van der Waals surface area contributed by atoms with E-state index >= 15 is 0 Å². The minimum atomic E-state index is -1.82. The van der Waals surface area contributed by atoms with Crippen LogP contribution in [0.5, 0.6) is 17.2 Å². The van der Waals surface area contributed by atoms with E-state index in [2.05, 4.69) is 5.32 Å². The standard InChI is InChI=1S/C47H64N4O13/c1-22(2)21-61-45(59)51-18-16-47(17-19-51)49-34-31-32-39(55)28(8)42-33(31)43(57)46(10,64-42)62-20-15-30(60-11)25(5)41(63-29(9)52)27(7)38(54)26(6)37(53)23(3)13-12-14-24(4)44(58)48-36(40(32)56)35(34)50-47/h12-15,20,22-23,25-27,30,37-38,41,43,53-57H,16-19,21H2,1-11H3,(H,48,58)/b13-12+,20-15+,24-14-. The number of aromatic hydroxyl groups is 2. The van der Waals surface area contributed by atoms with E-state index in [1.54, 1.807) is 64.7 Å². The third-order valence-electron chi connectivity index (χ3n) is 13.2. The fraction of sp³-hybridized carbons (Fsp3) is 0.596. The number of phenols is 2. The van der Waals surface area contributed by atoms with Gasteiger partial charge in [0.2, 0.25) is 0 Å². The highest BCUT2D eigenvalue weighted by Gasteiger charge is 2.50. The lowest BCUT2D eigenvalue weighted by Gasteiger charge is -2.38. The van der Waals surface area contributed by atoms with Crippen LogP contribution in [0.25, 0.3) is 10.8 Å². The number of rotatable bonds is 4. The number of ether oxygens (including phenoxy) is 5. The Bertz CT molecular complexity index is 2370. The third-order valence-corrected chi connectivity index (χ3v) is 13.2. The lowest BCUT2D eigenvalue weighted by atomic mass is 9.78. The van der Waals surface area contributed by atoms with Gasteiger partial charge in [-0.3, -0.25) is 19.6 Å². The van der Waals surface area contributed by atoms with Crippen molar-refractivity contribution in [2.45, 2.75) is 124 Å². The van der Waals surface area contributed by atoms with Crippen LogP contribution in [0.4, 0.5) is 10.5 Å². The quantitative estimate of drug-likeness (QED) is 0.180. The third kappa shape index (κ3) is 9.04. The van der Waals surface area contributed by atoms with Crippen LogP contribution in [0.1, 0.15) is 92.4 Å². The number of hydrogen-bond donors (Lipinski definition) is 6. The Hall–Kier alpha value is -5.23. The maximum Gasteiger partial charge on any atom is 0.409 e. The zero-order valence-corrected chi connectivity index (χ0v) is 38.5. The number of anilines is 1. The summed E-state index contributed by atoms with van der Waals surface area (Å²) >= 11 is 0. The molecule has 1 spiro atoms. The fourth-order valence-corrected chi connectivity index (χ4v) is 9.12. The summed E-state index contributed by atoms with van der Waals surface area (Å²) in [5, 5.41) is 62.4. The summed E-state index contributed by atoms with van der Waals surface area (Å²) in [6, 6.07) is 0. The highest BCUT2D eigenvalue weighted by atomic mass is 16.7. The number of carbonyl (C=O) groups is 3. The van der Waals surface area contributed by atoms with E-state index in [1.165, 1.54) is 33.3 Å². The van der Waals surface area contributed by atoms with Crippen LogP contribution in [0.15, 0.2) is 46.1 Å². The summed E-state index contributed by atoms with van der Waals surface area (Å²) in [6.07, 6.45) is 2.41. The molecule has 4 heterocycles. The number of nitrogens with zero attached hydrogens (tertiary/aromatic N) is 3. The van der Waals surface area contributed by atoms with Gasteiger partial charge in [-0.05, 0) is 25.8 Å². The topological polar surface area (TPSA) is 238 Å². The van der Waals surface area contributed by atoms with Gasteiger partial charge in [0.05, 0.1) is 41.9 Å². The first-order chi connectivity index (χ1) is 30.1. The van der Waals surface area contributed by atoms with Crippen LogP contribution >= 0.6 is 0 Å². The second-order valence-electron chi connectivity index (χ2n) is 18.4. The molecule has 4 aliphatic rings. The Kier molecular flexibility index (Phi) is 14.1. The van der Waals surface area contributed by atoms with Gasteiger partial charge in [-0.2, -0.15) is 0 Å². The van der Waals surface area contributed by atoms with Crippen LogP contribution in [0.2, 0.25) is 0 Å². The smallest absolute Gasteiger partial charge is 0.409 e. The van der Waals surface area contributed by atoms with E-state index in [-0.39, 0.29) is 93.8 Å². The van der Waals surface area contributed by atoms with Gasteiger partial charge in [-0.1, -0.05) is 59.8 Å². The summed E-state index contributed by atoms with van der Waals surface area (Å²) in [5.41, 5.74) is -0.724. The molecule has 0 radical (unpaired) electrons. The summed E-state index contributed by atoms with van der Waals surface area (Å²) in [7, 11) is 1.47. The van der Waals surface area contributed by atoms with Gasteiger partial charge in [-0.15, -0.1) is 0 Å². The van der Waals surface area contributed by atoms with Crippen molar-refractivity contribution in [3.05, 3.63) is 58.0 Å². The summed E-state index contributed by atoms with van der Waals surface area (Å²) < 4.78 is 29.6. The van der Waals surface area contributed by atoms with E-state index in [4.69, 9.17) is 33.7 Å². The highest BCUT2D eigenvalue weighted by molar-refractivity contribution is 6.08. The van der Waals surface area contributed by atoms with Crippen molar-refractivity contribution >= 4 is 34.4 Å². The van der Waals surface area contributed by atoms with Crippen LogP contribution in [0, 0.1) is 36.5 Å². The average Bonchev–Trinajstić information content (AvgIpc) is 3.75. The predicted octanol–water partition coefficient (Wildman–Crippen LogP) is 4.74. The van der Waals surface area contributed by atoms with Gasteiger partial charge in [-0.25, -0.2) is 4.79 Å². The molecule has 0 aliphatic carbocycles. The maximum absolute atomic E-state index is 13.9. The molecule has 17 nitrogen and oxygen atoms in total. The van der Waals surface area contributed by atoms with Gasteiger partial charge >= 0.3 is 12.1 Å². The Morgan fingerprint density at radius 3 is 2.23 bits per heavy atom. The number of nitrogens with one attached hydrogen (secondary N) is 1. The van der Waals surface area contributed by atoms with E-state index in [1.807, 2.05) is 13.8 Å². The van der Waals surface area contributed by atoms with Gasteiger partial charge in [0.25, 0.3) is 11.7 Å². The largest absolute Gasteiger partial charge is 0.507 e. The SMILES string of the molecule is COC1/C=C/OC2(C)Oc3c(C)c(O)c4c(O)c(c5c(c4c3C2O)=NC2(CCN(C(=O)OCC(C)C)CC2)N=5)NC(=O)/C(C)=C\C=C\C(C)C(O)C(C)C(O)C(C)C(OC(C)=O)C1C. The van der Waals surface area contributed by atoms with Gasteiger partial charge in [0.1, 0.15) is 28.6 Å². The monoisotopic (exact) mass is 892 g/mol. The first-order valence-electron chi connectivity index (χ1n) is 22.0. The van der Waals surface area contributed by atoms with E-state index in [0.29, 0.717) is 0 Å². The van der Waals surface area contributed by atoms with Crippen molar-refractivity contribution < 1.29 is 63.6 Å². The van der Waals surface area contributed by atoms with Gasteiger partial charge < -0.3 is 59.4 Å². The molecule has 0 saturated carbocycles. The highest BCUT2D eigenvalue weighted by Crippen LogP contribution is 2.54. The zero-order valence-electron chi connectivity index (χ0n) is 38.5. The molecule has 10 atom stereocenters. The molecule has 6 rings (SSSR count). The Balaban J connectivity index is 1.52. The average molecular weight is 893 g/mol. The predicted molar refractivity (Wildman–Crippen MR) is 235 cm³/mol. The molecular weight excluding hydrogens is 829 g/mol. The summed E-state index contributed by atoms with van der Waals surface area (Å²) in [4.78, 5) is 51.1. The van der Waals surface area contributed by atoms with Crippen molar-refractivity contribution in [3.8, 4) is 17.2 Å². The zero-order chi connectivity index (χ0) is 47.2. The molecule has 1 saturated heterocycles. The minimum absolute atomic E-state index is 0.0849. The molecule has 10 unspecified atom stereocenters. The van der Waals surface area contributed by atoms with Crippen LogP contribution in [-0.2, 0) is 28.5 Å². The van der Waals surface area contributed by atoms with Gasteiger partial charge in [0.15, 0.2) is 17.5 Å². The molecule has 350 valence electrons. The number of phenolic OH excluding ortho intramolecular Hbond substituents is 2. The van der Waals surface area contributed by atoms with Crippen molar-refractivity contribution in [2.24, 2.45) is 39.6 Å². The maximum atomic E-state index is 13.9. The van der Waals surface area contributed by atoms with Crippen molar-refractivity contribution in [2.75, 3.05) is 32.1 Å². The number of fused-ring (bicyclic) bond motifs is 1. The van der Waals surface area contributed by atoms with E-state index in [9.17, 15) is 39.9 Å². The minimum Gasteiger partial charge on any atom is -0.507 e. The number of likely N-dealkylation sites (tertiary alicyclic amines) is 1. The van der Waals surface area contributed by atoms with E-state index < -0.39 is 89.4 Å². The molecule has 2 aromatic carbocycles. The normalized spacial score (nSPS) is 32.4. The fourth-order valence-electron chi connectivity index (χ4n) is 9.12. The Labute approximate surface area is 373 Å². The second-order valence-corrected chi connectivity index (χ2v) is 18.4. The molecule has 6 N–H and O–H groups in total. The first-order valence-corrected chi connectivity index (χ1v) is 22.0. The number of aliphatic hydroxyl groups excluding tert-OH is 3. The lowest BCUT2D eigenvalue weighted by molar-refractivity contribution is -0.181. The van der Waals surface area contributed by atoms with Gasteiger partial charge in [0, 0.05) is 92.6 Å². The summed E-state index contributed by atoms with van der Waals surface area (Å²) in [6.45, 7) is 17.5. The number of aliphatic hydroxyl groups is 3. The van der Waals surface area contributed by atoms with Crippen molar-refractivity contribution in [3.63, 3.8) is 0 Å². The number of benzene rings is 2. The number of esters is 1. The van der Waals surface area contributed by atoms with Crippen LogP contribution in [0.3, 0.4) is 0 Å². The number of methoxy groups -OCH3 is 1. The lowest BCUT2D eigenvalue weighted by Crippen LogP contribution is -2.46. The van der Waals surface area contributed by atoms with E-state index in [0.717, 1.165) is 0 Å². The first kappa shape index (κ1) is 48.2. The number of allylic oxidation sites excluding steroid dienone is 2. The second kappa shape index (κ2) is 18.7. The van der Waals surface area contributed by atoms with Crippen molar-refractivity contribution in [1.82, 2.24) is 4.90 Å². The van der Waals surface area contributed by atoms with Crippen LogP contribution < -0.4 is 20.8 Å². The molecule has 2 aromatic rings. The molecule has 64 heavy (non-hydrogen) atoms.